The molecule has 0 aliphatic rings. The molecule has 0 aliphatic heterocycles. The number of benzene rings is 2. The van der Waals surface area contributed by atoms with Crippen LogP contribution >= 0.6 is 0 Å². The highest BCUT2D eigenvalue weighted by atomic mass is 19.1. The second-order valence-electron chi connectivity index (χ2n) is 4.22. The van der Waals surface area contributed by atoms with Crippen molar-refractivity contribution >= 4 is 23.7 Å². The van der Waals surface area contributed by atoms with Gasteiger partial charge in [0.05, 0.1) is 6.21 Å². The van der Waals surface area contributed by atoms with E-state index in [0.29, 0.717) is 5.56 Å². The van der Waals surface area contributed by atoms with Crippen molar-refractivity contribution in [3.05, 3.63) is 59.9 Å². The molecule has 6 nitrogen and oxygen atoms in total. The quantitative estimate of drug-likeness (QED) is 0.457. The Morgan fingerprint density at radius 2 is 1.73 bits per heavy atom. The van der Waals surface area contributed by atoms with Crippen LogP contribution in [0.25, 0.3) is 0 Å². The van der Waals surface area contributed by atoms with E-state index in [2.05, 4.69) is 10.4 Å². The summed E-state index contributed by atoms with van der Waals surface area (Å²) in [5.74, 6) is -2.39. The number of amides is 2. The SMILES string of the molecule is O=C(N/N=C\c1ccccc1O)C(=O)Nc1ccc(F)cc1. The minimum atomic E-state index is -0.990. The first-order chi connectivity index (χ1) is 10.6. The number of para-hydroxylation sites is 1. The lowest BCUT2D eigenvalue weighted by Crippen LogP contribution is -2.32. The van der Waals surface area contributed by atoms with Gasteiger partial charge in [-0.05, 0) is 36.4 Å². The average Bonchev–Trinajstić information content (AvgIpc) is 2.51. The summed E-state index contributed by atoms with van der Waals surface area (Å²) >= 11 is 0. The molecular weight excluding hydrogens is 289 g/mol. The first-order valence-electron chi connectivity index (χ1n) is 6.24. The maximum absolute atomic E-state index is 12.7. The Morgan fingerprint density at radius 1 is 1.05 bits per heavy atom. The molecule has 0 spiro atoms. The zero-order valence-corrected chi connectivity index (χ0v) is 11.3. The molecule has 0 radical (unpaired) electrons. The van der Waals surface area contributed by atoms with Crippen molar-refractivity contribution in [1.82, 2.24) is 5.43 Å². The van der Waals surface area contributed by atoms with Crippen LogP contribution in [0.3, 0.4) is 0 Å². The number of carbonyl (C=O) groups is 2. The van der Waals surface area contributed by atoms with E-state index in [9.17, 15) is 19.1 Å². The summed E-state index contributed by atoms with van der Waals surface area (Å²) in [5, 5.41) is 15.4. The van der Waals surface area contributed by atoms with Crippen LogP contribution < -0.4 is 10.7 Å². The lowest BCUT2D eigenvalue weighted by atomic mass is 10.2. The number of phenols is 1. The van der Waals surface area contributed by atoms with Gasteiger partial charge >= 0.3 is 11.8 Å². The van der Waals surface area contributed by atoms with Gasteiger partial charge in [0.1, 0.15) is 11.6 Å². The first-order valence-corrected chi connectivity index (χ1v) is 6.24. The van der Waals surface area contributed by atoms with Crippen molar-refractivity contribution in [2.75, 3.05) is 5.32 Å². The third kappa shape index (κ3) is 4.14. The Morgan fingerprint density at radius 3 is 2.41 bits per heavy atom. The van der Waals surface area contributed by atoms with E-state index >= 15 is 0 Å². The number of hydrogen-bond acceptors (Lipinski definition) is 4. The molecule has 2 rings (SSSR count). The van der Waals surface area contributed by atoms with Crippen molar-refractivity contribution in [2.45, 2.75) is 0 Å². The number of rotatable bonds is 3. The molecule has 0 saturated carbocycles. The van der Waals surface area contributed by atoms with Gasteiger partial charge in [-0.2, -0.15) is 5.10 Å². The smallest absolute Gasteiger partial charge is 0.329 e. The van der Waals surface area contributed by atoms with Gasteiger partial charge in [-0.15, -0.1) is 0 Å². The number of hydrogen-bond donors (Lipinski definition) is 3. The van der Waals surface area contributed by atoms with E-state index in [-0.39, 0.29) is 11.4 Å². The molecule has 0 heterocycles. The number of carbonyl (C=O) groups excluding carboxylic acids is 2. The topological polar surface area (TPSA) is 90.8 Å². The van der Waals surface area contributed by atoms with E-state index < -0.39 is 17.6 Å². The summed E-state index contributed by atoms with van der Waals surface area (Å²) in [6.45, 7) is 0. The highest BCUT2D eigenvalue weighted by molar-refractivity contribution is 6.39. The fourth-order valence-electron chi connectivity index (χ4n) is 1.53. The van der Waals surface area contributed by atoms with Gasteiger partial charge in [-0.1, -0.05) is 12.1 Å². The lowest BCUT2D eigenvalue weighted by molar-refractivity contribution is -0.136. The molecule has 2 amide bonds. The van der Waals surface area contributed by atoms with Crippen LogP contribution in [-0.2, 0) is 9.59 Å². The van der Waals surface area contributed by atoms with E-state index in [1.807, 2.05) is 5.43 Å². The fourth-order valence-corrected chi connectivity index (χ4v) is 1.53. The molecule has 7 heteroatoms. The van der Waals surface area contributed by atoms with Gasteiger partial charge in [0.2, 0.25) is 0 Å². The van der Waals surface area contributed by atoms with Gasteiger partial charge in [0.25, 0.3) is 0 Å². The monoisotopic (exact) mass is 301 g/mol. The van der Waals surface area contributed by atoms with Crippen molar-refractivity contribution in [3.63, 3.8) is 0 Å². The third-order valence-electron chi connectivity index (χ3n) is 2.61. The summed E-state index contributed by atoms with van der Waals surface area (Å²) in [6.07, 6.45) is 1.21. The van der Waals surface area contributed by atoms with Crippen LogP contribution in [0, 0.1) is 5.82 Å². The van der Waals surface area contributed by atoms with Crippen LogP contribution in [0.15, 0.2) is 53.6 Å². The van der Waals surface area contributed by atoms with Crippen molar-refractivity contribution in [2.24, 2.45) is 5.10 Å². The van der Waals surface area contributed by atoms with E-state index in [4.69, 9.17) is 0 Å². The molecule has 0 unspecified atom stereocenters. The average molecular weight is 301 g/mol. The lowest BCUT2D eigenvalue weighted by Gasteiger charge is -2.03. The van der Waals surface area contributed by atoms with Crippen molar-refractivity contribution in [3.8, 4) is 5.75 Å². The van der Waals surface area contributed by atoms with Crippen LogP contribution in [0.2, 0.25) is 0 Å². The number of nitrogens with one attached hydrogen (secondary N) is 2. The number of nitrogens with zero attached hydrogens (tertiary/aromatic N) is 1. The number of phenolic OH excluding ortho intramolecular Hbond substituents is 1. The Labute approximate surface area is 125 Å². The molecule has 2 aromatic rings. The molecule has 0 aromatic heterocycles. The predicted octanol–water partition coefficient (Wildman–Crippen LogP) is 1.62. The largest absolute Gasteiger partial charge is 0.507 e. The zero-order chi connectivity index (χ0) is 15.9. The summed E-state index contributed by atoms with van der Waals surface area (Å²) in [7, 11) is 0. The van der Waals surface area contributed by atoms with E-state index in [1.54, 1.807) is 18.2 Å². The van der Waals surface area contributed by atoms with E-state index in [1.165, 1.54) is 24.4 Å². The van der Waals surface area contributed by atoms with E-state index in [0.717, 1.165) is 12.1 Å². The summed E-state index contributed by atoms with van der Waals surface area (Å²) in [6, 6.07) is 11.3. The zero-order valence-electron chi connectivity index (χ0n) is 11.3. The second kappa shape index (κ2) is 6.98. The van der Waals surface area contributed by atoms with Crippen LogP contribution in [0.4, 0.5) is 10.1 Å². The van der Waals surface area contributed by atoms with Gasteiger partial charge in [0.15, 0.2) is 0 Å². The summed E-state index contributed by atoms with van der Waals surface area (Å²) < 4.78 is 12.7. The Kier molecular flexibility index (Phi) is 4.81. The third-order valence-corrected chi connectivity index (χ3v) is 2.61. The van der Waals surface area contributed by atoms with Gasteiger partial charge in [-0.25, -0.2) is 9.82 Å². The van der Waals surface area contributed by atoms with Gasteiger partial charge in [-0.3, -0.25) is 9.59 Å². The normalized spacial score (nSPS) is 10.4. The summed E-state index contributed by atoms with van der Waals surface area (Å²) in [4.78, 5) is 23.1. The maximum atomic E-state index is 12.7. The molecule has 0 saturated heterocycles. The first kappa shape index (κ1) is 15.2. The number of anilines is 1. The Hall–Kier alpha value is -3.22. The van der Waals surface area contributed by atoms with Gasteiger partial charge in [0, 0.05) is 11.3 Å². The van der Waals surface area contributed by atoms with Crippen molar-refractivity contribution < 1.29 is 19.1 Å². The molecule has 0 bridgehead atoms. The van der Waals surface area contributed by atoms with Gasteiger partial charge < -0.3 is 10.4 Å². The van der Waals surface area contributed by atoms with Crippen LogP contribution in [0.1, 0.15) is 5.56 Å². The molecule has 22 heavy (non-hydrogen) atoms. The van der Waals surface area contributed by atoms with Crippen LogP contribution in [-0.4, -0.2) is 23.1 Å². The molecule has 0 fully saturated rings. The summed E-state index contributed by atoms with van der Waals surface area (Å²) in [5.41, 5.74) is 2.70. The molecule has 3 N–H and O–H groups in total. The Bertz CT molecular complexity index is 714. The Balaban J connectivity index is 1.90. The highest BCUT2D eigenvalue weighted by Crippen LogP contribution is 2.12. The van der Waals surface area contributed by atoms with Crippen molar-refractivity contribution in [1.29, 1.82) is 0 Å². The minimum Gasteiger partial charge on any atom is -0.507 e. The maximum Gasteiger partial charge on any atom is 0.329 e. The molecule has 0 aliphatic carbocycles. The fraction of sp³-hybridized carbons (Fsp3) is 0. The molecule has 0 atom stereocenters. The standard InChI is InChI=1S/C15H12FN3O3/c16-11-5-7-12(8-6-11)18-14(21)15(22)19-17-9-10-3-1-2-4-13(10)20/h1-9,20H,(H,18,21)(H,19,22)/b17-9-. The second-order valence-corrected chi connectivity index (χ2v) is 4.22. The number of halogens is 1. The number of hydrazone groups is 1. The van der Waals surface area contributed by atoms with Crippen LogP contribution in [0.5, 0.6) is 5.75 Å². The molecular formula is C15H12FN3O3. The predicted molar refractivity (Wildman–Crippen MR) is 78.9 cm³/mol. The highest BCUT2D eigenvalue weighted by Gasteiger charge is 2.12. The minimum absolute atomic E-state index is 0.00346. The number of aromatic hydroxyl groups is 1. The molecule has 2 aromatic carbocycles. The molecule has 112 valence electrons.